The molecule has 14 heavy (non-hydrogen) atoms. The van der Waals surface area contributed by atoms with Gasteiger partial charge in [0.1, 0.15) is 0 Å². The third-order valence-corrected chi connectivity index (χ3v) is 1.81. The second-order valence-electron chi connectivity index (χ2n) is 2.80. The smallest absolute Gasteiger partial charge is 0.165 e. The number of benzene rings is 1. The second kappa shape index (κ2) is 5.27. The molecule has 0 aliphatic carbocycles. The van der Waals surface area contributed by atoms with Gasteiger partial charge in [-0.05, 0) is 19.1 Å². The molecular formula is C11H14FNO. The summed E-state index contributed by atoms with van der Waals surface area (Å²) in [4.78, 5) is 0. The highest BCUT2D eigenvalue weighted by Crippen LogP contribution is 2.21. The Morgan fingerprint density at radius 1 is 1.50 bits per heavy atom. The standard InChI is InChI=1S/C11H14FNO/c1-3-4-7-13-9-5-6-10(12)11(8-9)14-2/h3-6,8,13H,7H2,1-2H3/b4-3+. The zero-order chi connectivity index (χ0) is 10.4. The van der Waals surface area contributed by atoms with Crippen molar-refractivity contribution in [2.45, 2.75) is 6.92 Å². The number of hydrogen-bond acceptors (Lipinski definition) is 2. The summed E-state index contributed by atoms with van der Waals surface area (Å²) in [5, 5.41) is 3.11. The third kappa shape index (κ3) is 2.76. The van der Waals surface area contributed by atoms with Crippen LogP contribution in [0.15, 0.2) is 30.4 Å². The minimum absolute atomic E-state index is 0.260. The number of hydrogen-bond donors (Lipinski definition) is 1. The van der Waals surface area contributed by atoms with E-state index < -0.39 is 0 Å². The predicted molar refractivity (Wildman–Crippen MR) is 56.3 cm³/mol. The van der Waals surface area contributed by atoms with Crippen molar-refractivity contribution in [3.63, 3.8) is 0 Å². The van der Waals surface area contributed by atoms with Gasteiger partial charge in [0.25, 0.3) is 0 Å². The Kier molecular flexibility index (Phi) is 3.98. The topological polar surface area (TPSA) is 21.3 Å². The van der Waals surface area contributed by atoms with Crippen molar-refractivity contribution >= 4 is 5.69 Å². The molecule has 0 saturated carbocycles. The lowest BCUT2D eigenvalue weighted by atomic mass is 10.3. The molecule has 0 saturated heterocycles. The van der Waals surface area contributed by atoms with Gasteiger partial charge < -0.3 is 10.1 Å². The van der Waals surface area contributed by atoms with E-state index in [1.54, 1.807) is 12.1 Å². The van der Waals surface area contributed by atoms with Crippen LogP contribution in [0.5, 0.6) is 5.75 Å². The van der Waals surface area contributed by atoms with Crippen molar-refractivity contribution in [3.8, 4) is 5.75 Å². The van der Waals surface area contributed by atoms with Crippen LogP contribution in [0.1, 0.15) is 6.92 Å². The van der Waals surface area contributed by atoms with Crippen LogP contribution in [0.4, 0.5) is 10.1 Å². The lowest BCUT2D eigenvalue weighted by Crippen LogP contribution is -1.99. The summed E-state index contributed by atoms with van der Waals surface area (Å²) in [6.45, 7) is 2.68. The molecule has 0 bridgehead atoms. The second-order valence-corrected chi connectivity index (χ2v) is 2.80. The first kappa shape index (κ1) is 10.6. The van der Waals surface area contributed by atoms with Crippen LogP contribution >= 0.6 is 0 Å². The fourth-order valence-electron chi connectivity index (χ4n) is 1.06. The molecule has 0 radical (unpaired) electrons. The van der Waals surface area contributed by atoms with Crippen molar-refractivity contribution in [3.05, 3.63) is 36.2 Å². The van der Waals surface area contributed by atoms with E-state index in [0.717, 1.165) is 12.2 Å². The minimum Gasteiger partial charge on any atom is -0.494 e. The lowest BCUT2D eigenvalue weighted by Gasteiger charge is -2.06. The first-order chi connectivity index (χ1) is 6.77. The van der Waals surface area contributed by atoms with Crippen LogP contribution < -0.4 is 10.1 Å². The largest absolute Gasteiger partial charge is 0.494 e. The Bertz CT molecular complexity index is 323. The van der Waals surface area contributed by atoms with Gasteiger partial charge in [-0.25, -0.2) is 4.39 Å². The highest BCUT2D eigenvalue weighted by Gasteiger charge is 2.01. The summed E-state index contributed by atoms with van der Waals surface area (Å²) in [6, 6.07) is 4.71. The van der Waals surface area contributed by atoms with Crippen molar-refractivity contribution in [2.24, 2.45) is 0 Å². The molecule has 2 nitrogen and oxygen atoms in total. The molecule has 1 N–H and O–H groups in total. The van der Waals surface area contributed by atoms with Gasteiger partial charge in [0.2, 0.25) is 0 Å². The summed E-state index contributed by atoms with van der Waals surface area (Å²) in [7, 11) is 1.45. The van der Waals surface area contributed by atoms with Gasteiger partial charge in [-0.2, -0.15) is 0 Å². The summed E-state index contributed by atoms with van der Waals surface area (Å²) in [5.41, 5.74) is 0.848. The summed E-state index contributed by atoms with van der Waals surface area (Å²) >= 11 is 0. The van der Waals surface area contributed by atoms with Gasteiger partial charge in [-0.1, -0.05) is 12.2 Å². The number of nitrogens with one attached hydrogen (secondary N) is 1. The first-order valence-electron chi connectivity index (χ1n) is 4.46. The van der Waals surface area contributed by atoms with E-state index in [4.69, 9.17) is 4.74 Å². The SMILES string of the molecule is C/C=C/CNc1ccc(F)c(OC)c1. The summed E-state index contributed by atoms with van der Waals surface area (Å²) in [6.07, 6.45) is 3.93. The van der Waals surface area contributed by atoms with Crippen molar-refractivity contribution < 1.29 is 9.13 Å². The van der Waals surface area contributed by atoms with Gasteiger partial charge in [0.15, 0.2) is 11.6 Å². The molecule has 0 aliphatic rings. The molecule has 0 unspecified atom stereocenters. The molecule has 0 aromatic heterocycles. The zero-order valence-corrected chi connectivity index (χ0v) is 8.38. The Morgan fingerprint density at radius 3 is 2.93 bits per heavy atom. The van der Waals surface area contributed by atoms with E-state index in [1.165, 1.54) is 13.2 Å². The number of ether oxygens (including phenoxy) is 1. The Morgan fingerprint density at radius 2 is 2.29 bits per heavy atom. The van der Waals surface area contributed by atoms with E-state index in [-0.39, 0.29) is 11.6 Å². The van der Waals surface area contributed by atoms with Gasteiger partial charge in [0, 0.05) is 18.3 Å². The maximum atomic E-state index is 13.0. The van der Waals surface area contributed by atoms with Crippen LogP contribution in [0.25, 0.3) is 0 Å². The number of allylic oxidation sites excluding steroid dienone is 1. The van der Waals surface area contributed by atoms with Gasteiger partial charge in [-0.3, -0.25) is 0 Å². The molecule has 0 heterocycles. The molecular weight excluding hydrogens is 181 g/mol. The van der Waals surface area contributed by atoms with E-state index in [1.807, 2.05) is 19.1 Å². The van der Waals surface area contributed by atoms with Gasteiger partial charge in [-0.15, -0.1) is 0 Å². The highest BCUT2D eigenvalue weighted by molar-refractivity contribution is 5.49. The molecule has 0 amide bonds. The maximum absolute atomic E-state index is 13.0. The number of methoxy groups -OCH3 is 1. The van der Waals surface area contributed by atoms with E-state index in [0.29, 0.717) is 0 Å². The fourth-order valence-corrected chi connectivity index (χ4v) is 1.06. The van der Waals surface area contributed by atoms with Crippen molar-refractivity contribution in [2.75, 3.05) is 19.0 Å². The quantitative estimate of drug-likeness (QED) is 0.746. The predicted octanol–water partition coefficient (Wildman–Crippen LogP) is 2.82. The molecule has 76 valence electrons. The molecule has 0 atom stereocenters. The molecule has 0 fully saturated rings. The van der Waals surface area contributed by atoms with Crippen molar-refractivity contribution in [1.82, 2.24) is 0 Å². The zero-order valence-electron chi connectivity index (χ0n) is 8.38. The summed E-state index contributed by atoms with van der Waals surface area (Å²) in [5.74, 6) is -0.0837. The normalized spacial score (nSPS) is 10.5. The average molecular weight is 195 g/mol. The first-order valence-corrected chi connectivity index (χ1v) is 4.46. The number of halogens is 1. The van der Waals surface area contributed by atoms with Crippen LogP contribution in [0.2, 0.25) is 0 Å². The van der Waals surface area contributed by atoms with Gasteiger partial charge in [0.05, 0.1) is 7.11 Å². The minimum atomic E-state index is -0.343. The highest BCUT2D eigenvalue weighted by atomic mass is 19.1. The molecule has 1 aromatic rings. The van der Waals surface area contributed by atoms with Crippen LogP contribution in [0, 0.1) is 5.82 Å². The molecule has 1 rings (SSSR count). The van der Waals surface area contributed by atoms with Crippen LogP contribution in [-0.2, 0) is 0 Å². The molecule has 0 aliphatic heterocycles. The lowest BCUT2D eigenvalue weighted by molar-refractivity contribution is 0.387. The Hall–Kier alpha value is -1.51. The third-order valence-electron chi connectivity index (χ3n) is 1.81. The molecule has 1 aromatic carbocycles. The summed E-state index contributed by atoms with van der Waals surface area (Å²) < 4.78 is 17.9. The number of rotatable bonds is 4. The Labute approximate surface area is 83.4 Å². The fraction of sp³-hybridized carbons (Fsp3) is 0.273. The monoisotopic (exact) mass is 195 g/mol. The van der Waals surface area contributed by atoms with Crippen LogP contribution in [-0.4, -0.2) is 13.7 Å². The molecule has 3 heteroatoms. The van der Waals surface area contributed by atoms with Crippen molar-refractivity contribution in [1.29, 1.82) is 0 Å². The average Bonchev–Trinajstić information content (AvgIpc) is 2.21. The van der Waals surface area contributed by atoms with E-state index in [2.05, 4.69) is 5.32 Å². The van der Waals surface area contributed by atoms with Crippen LogP contribution in [0.3, 0.4) is 0 Å². The number of anilines is 1. The maximum Gasteiger partial charge on any atom is 0.165 e. The van der Waals surface area contributed by atoms with Gasteiger partial charge >= 0.3 is 0 Å². The Balaban J connectivity index is 2.69. The van der Waals surface area contributed by atoms with E-state index >= 15 is 0 Å². The molecule has 0 spiro atoms. The van der Waals surface area contributed by atoms with E-state index in [9.17, 15) is 4.39 Å².